The highest BCUT2D eigenvalue weighted by Gasteiger charge is 2.18. The van der Waals surface area contributed by atoms with Crippen molar-refractivity contribution in [1.82, 2.24) is 4.40 Å². The zero-order valence-electron chi connectivity index (χ0n) is 10.3. The second kappa shape index (κ2) is 4.98. The van der Waals surface area contributed by atoms with Crippen molar-refractivity contribution in [2.24, 2.45) is 0 Å². The van der Waals surface area contributed by atoms with Crippen molar-refractivity contribution >= 4 is 12.0 Å². The lowest BCUT2D eigenvalue weighted by Crippen LogP contribution is -2.07. The van der Waals surface area contributed by atoms with Gasteiger partial charge >= 0.3 is 0 Å². The van der Waals surface area contributed by atoms with Gasteiger partial charge in [0.25, 0.3) is 6.47 Å². The Hall–Kier alpha value is -2.55. The summed E-state index contributed by atoms with van der Waals surface area (Å²) >= 11 is 0. The molecule has 3 aromatic rings. The van der Waals surface area contributed by atoms with E-state index in [4.69, 9.17) is 4.74 Å². The average molecular weight is 251 g/mol. The average Bonchev–Trinajstić information content (AvgIpc) is 2.89. The molecule has 94 valence electrons. The molecular weight excluding hydrogens is 238 g/mol. The summed E-state index contributed by atoms with van der Waals surface area (Å²) in [5.41, 5.74) is 2.97. The number of pyridine rings is 1. The van der Waals surface area contributed by atoms with Crippen LogP contribution in [0, 0.1) is 0 Å². The Bertz CT molecular complexity index is 688. The normalized spacial score (nSPS) is 12.2. The first kappa shape index (κ1) is 11.5. The Morgan fingerprint density at radius 1 is 0.947 bits per heavy atom. The Balaban J connectivity index is 2.12. The molecule has 0 radical (unpaired) electrons. The molecular formula is C16H13NO2. The minimum Gasteiger partial charge on any atom is -0.453 e. The van der Waals surface area contributed by atoms with Crippen molar-refractivity contribution in [1.29, 1.82) is 0 Å². The molecule has 3 heteroatoms. The molecule has 1 aromatic carbocycles. The van der Waals surface area contributed by atoms with Crippen molar-refractivity contribution in [3.8, 4) is 0 Å². The quantitative estimate of drug-likeness (QED) is 0.667. The molecule has 0 fully saturated rings. The van der Waals surface area contributed by atoms with Gasteiger partial charge in [0, 0.05) is 11.7 Å². The molecule has 3 rings (SSSR count). The van der Waals surface area contributed by atoms with E-state index in [0.717, 1.165) is 16.8 Å². The SMILES string of the molecule is O=COC(c1ccccc1)c1ccc2ccccn12. The summed E-state index contributed by atoms with van der Waals surface area (Å²) in [5, 5.41) is 0. The van der Waals surface area contributed by atoms with Gasteiger partial charge in [-0.2, -0.15) is 0 Å². The summed E-state index contributed by atoms with van der Waals surface area (Å²) < 4.78 is 7.31. The van der Waals surface area contributed by atoms with Gasteiger partial charge in [-0.1, -0.05) is 36.4 Å². The highest BCUT2D eigenvalue weighted by atomic mass is 16.5. The van der Waals surface area contributed by atoms with Crippen LogP contribution in [-0.4, -0.2) is 10.9 Å². The smallest absolute Gasteiger partial charge is 0.294 e. The first-order chi connectivity index (χ1) is 9.40. The molecule has 0 saturated carbocycles. The lowest BCUT2D eigenvalue weighted by Gasteiger charge is -2.16. The number of hydrogen-bond acceptors (Lipinski definition) is 2. The second-order valence-corrected chi connectivity index (χ2v) is 4.28. The van der Waals surface area contributed by atoms with Crippen molar-refractivity contribution in [2.75, 3.05) is 0 Å². The van der Waals surface area contributed by atoms with E-state index in [1.807, 2.05) is 71.3 Å². The van der Waals surface area contributed by atoms with Crippen LogP contribution in [0.25, 0.3) is 5.52 Å². The predicted molar refractivity (Wildman–Crippen MR) is 72.8 cm³/mol. The van der Waals surface area contributed by atoms with Crippen LogP contribution in [0.5, 0.6) is 0 Å². The van der Waals surface area contributed by atoms with Crippen LogP contribution in [0.4, 0.5) is 0 Å². The molecule has 2 aromatic heterocycles. The largest absolute Gasteiger partial charge is 0.453 e. The molecule has 3 nitrogen and oxygen atoms in total. The van der Waals surface area contributed by atoms with E-state index in [1.165, 1.54) is 0 Å². The zero-order valence-corrected chi connectivity index (χ0v) is 10.3. The van der Waals surface area contributed by atoms with Gasteiger partial charge < -0.3 is 9.14 Å². The van der Waals surface area contributed by atoms with E-state index in [-0.39, 0.29) is 6.10 Å². The Kier molecular flexibility index (Phi) is 3.02. The number of aromatic nitrogens is 1. The maximum absolute atomic E-state index is 10.8. The second-order valence-electron chi connectivity index (χ2n) is 4.28. The summed E-state index contributed by atoms with van der Waals surface area (Å²) in [6.45, 7) is 0.500. The van der Waals surface area contributed by atoms with Gasteiger partial charge in [-0.3, -0.25) is 4.79 Å². The fourth-order valence-corrected chi connectivity index (χ4v) is 2.29. The molecule has 0 aliphatic carbocycles. The zero-order chi connectivity index (χ0) is 13.1. The minimum atomic E-state index is -0.386. The number of carbonyl (C=O) groups excluding carboxylic acids is 1. The maximum Gasteiger partial charge on any atom is 0.294 e. The number of benzene rings is 1. The number of rotatable bonds is 4. The molecule has 0 aliphatic heterocycles. The van der Waals surface area contributed by atoms with Gasteiger partial charge in [0.05, 0.1) is 5.69 Å². The van der Waals surface area contributed by atoms with Crippen LogP contribution in [0.15, 0.2) is 66.9 Å². The van der Waals surface area contributed by atoms with Gasteiger partial charge in [0.15, 0.2) is 6.10 Å². The first-order valence-electron chi connectivity index (χ1n) is 6.10. The summed E-state index contributed by atoms with van der Waals surface area (Å²) in [6.07, 6.45) is 1.58. The Morgan fingerprint density at radius 2 is 1.74 bits per heavy atom. The minimum absolute atomic E-state index is 0.386. The van der Waals surface area contributed by atoms with E-state index < -0.39 is 0 Å². The molecule has 1 atom stereocenters. The van der Waals surface area contributed by atoms with Gasteiger partial charge in [-0.25, -0.2) is 0 Å². The third-order valence-corrected chi connectivity index (χ3v) is 3.16. The highest BCUT2D eigenvalue weighted by molar-refractivity contribution is 5.51. The first-order valence-corrected chi connectivity index (χ1v) is 6.10. The molecule has 19 heavy (non-hydrogen) atoms. The fraction of sp³-hybridized carbons (Fsp3) is 0.0625. The predicted octanol–water partition coefficient (Wildman–Crippen LogP) is 3.20. The van der Waals surface area contributed by atoms with E-state index in [2.05, 4.69) is 0 Å². The highest BCUT2D eigenvalue weighted by Crippen LogP contribution is 2.26. The fourth-order valence-electron chi connectivity index (χ4n) is 2.29. The Labute approximate surface area is 111 Å². The molecule has 0 bridgehead atoms. The monoisotopic (exact) mass is 251 g/mol. The summed E-state index contributed by atoms with van der Waals surface area (Å²) in [4.78, 5) is 10.8. The molecule has 0 N–H and O–H groups in total. The number of carbonyl (C=O) groups is 1. The van der Waals surface area contributed by atoms with Crippen LogP contribution in [-0.2, 0) is 9.53 Å². The third kappa shape index (κ3) is 2.10. The van der Waals surface area contributed by atoms with Gasteiger partial charge in [0.1, 0.15) is 0 Å². The van der Waals surface area contributed by atoms with Gasteiger partial charge in [0.2, 0.25) is 0 Å². The van der Waals surface area contributed by atoms with Crippen LogP contribution < -0.4 is 0 Å². The lowest BCUT2D eigenvalue weighted by molar-refractivity contribution is -0.132. The summed E-state index contributed by atoms with van der Waals surface area (Å²) in [7, 11) is 0. The van der Waals surface area contributed by atoms with Crippen molar-refractivity contribution in [2.45, 2.75) is 6.10 Å². The van der Waals surface area contributed by atoms with E-state index >= 15 is 0 Å². The molecule has 1 unspecified atom stereocenters. The van der Waals surface area contributed by atoms with Crippen LogP contribution in [0.2, 0.25) is 0 Å². The summed E-state index contributed by atoms with van der Waals surface area (Å²) in [6, 6.07) is 19.7. The van der Waals surface area contributed by atoms with E-state index in [9.17, 15) is 4.79 Å². The number of fused-ring (bicyclic) bond motifs is 1. The maximum atomic E-state index is 10.8. The Morgan fingerprint density at radius 3 is 2.53 bits per heavy atom. The van der Waals surface area contributed by atoms with Gasteiger partial charge in [-0.15, -0.1) is 0 Å². The molecule has 0 amide bonds. The van der Waals surface area contributed by atoms with Gasteiger partial charge in [-0.05, 0) is 29.8 Å². The van der Waals surface area contributed by atoms with Crippen LogP contribution in [0.3, 0.4) is 0 Å². The van der Waals surface area contributed by atoms with Crippen molar-refractivity contribution < 1.29 is 9.53 Å². The lowest BCUT2D eigenvalue weighted by atomic mass is 10.1. The third-order valence-electron chi connectivity index (χ3n) is 3.16. The summed E-state index contributed by atoms with van der Waals surface area (Å²) in [5.74, 6) is 0. The van der Waals surface area contributed by atoms with Crippen molar-refractivity contribution in [3.63, 3.8) is 0 Å². The number of ether oxygens (including phenoxy) is 1. The van der Waals surface area contributed by atoms with Crippen LogP contribution >= 0.6 is 0 Å². The topological polar surface area (TPSA) is 30.7 Å². The van der Waals surface area contributed by atoms with Crippen molar-refractivity contribution in [3.05, 3.63) is 78.1 Å². The molecule has 0 spiro atoms. The molecule has 2 heterocycles. The van der Waals surface area contributed by atoms with E-state index in [0.29, 0.717) is 6.47 Å². The number of nitrogens with zero attached hydrogens (tertiary/aromatic N) is 1. The van der Waals surface area contributed by atoms with E-state index in [1.54, 1.807) is 0 Å². The molecule has 0 aliphatic rings. The van der Waals surface area contributed by atoms with Crippen LogP contribution in [0.1, 0.15) is 17.4 Å². The molecule has 0 saturated heterocycles. The number of hydrogen-bond donors (Lipinski definition) is 0. The standard InChI is InChI=1S/C16H13NO2/c18-12-19-16(13-6-2-1-3-7-13)15-10-9-14-8-4-5-11-17(14)15/h1-12,16H.